The smallest absolute Gasteiger partial charge is 0.343 e. The number of rotatable bonds is 6. The van der Waals surface area contributed by atoms with E-state index in [4.69, 9.17) is 4.74 Å². The molecular weight excluding hydrogens is 446 g/mol. The van der Waals surface area contributed by atoms with Gasteiger partial charge in [-0.05, 0) is 56.9 Å². The maximum absolute atomic E-state index is 13.2. The van der Waals surface area contributed by atoms with E-state index in [9.17, 15) is 13.2 Å². The first-order valence-corrected chi connectivity index (χ1v) is 11.6. The van der Waals surface area contributed by atoms with Crippen LogP contribution in [0.15, 0.2) is 27.7 Å². The molecule has 0 saturated heterocycles. The number of hydrogen-bond donors (Lipinski definition) is 1. The molecule has 1 aromatic heterocycles. The standard InChI is InChI=1S/C19H24BrN3O4S/c1-4-27-19(24)16-11-21-23(15-7-5-6-8-15)18(16)22-28(25,26)17-12(2)9-14(20)10-13(17)3/h9-11,15,22H,4-8H2,1-3H3. The summed E-state index contributed by atoms with van der Waals surface area (Å²) in [5.74, 6) is -0.416. The monoisotopic (exact) mass is 469 g/mol. The second-order valence-electron chi connectivity index (χ2n) is 6.98. The molecule has 9 heteroatoms. The summed E-state index contributed by atoms with van der Waals surface area (Å²) in [7, 11) is -3.92. The summed E-state index contributed by atoms with van der Waals surface area (Å²) in [6.45, 7) is 5.39. The lowest BCUT2D eigenvalue weighted by Gasteiger charge is -2.18. The Balaban J connectivity index is 2.07. The van der Waals surface area contributed by atoms with E-state index in [2.05, 4.69) is 25.8 Å². The highest BCUT2D eigenvalue weighted by atomic mass is 79.9. The Hall–Kier alpha value is -1.87. The number of hydrogen-bond acceptors (Lipinski definition) is 5. The summed E-state index contributed by atoms with van der Waals surface area (Å²) in [5, 5.41) is 4.32. The molecule has 0 amide bonds. The molecule has 0 atom stereocenters. The van der Waals surface area contributed by atoms with Crippen LogP contribution in [-0.4, -0.2) is 30.8 Å². The lowest BCUT2D eigenvalue weighted by molar-refractivity contribution is 0.0527. The van der Waals surface area contributed by atoms with Gasteiger partial charge in [0.15, 0.2) is 5.82 Å². The molecule has 1 fully saturated rings. The topological polar surface area (TPSA) is 90.3 Å². The van der Waals surface area contributed by atoms with Crippen molar-refractivity contribution in [3.63, 3.8) is 0 Å². The Morgan fingerprint density at radius 1 is 1.29 bits per heavy atom. The average molecular weight is 470 g/mol. The Morgan fingerprint density at radius 3 is 2.46 bits per heavy atom. The number of carbonyl (C=O) groups excluding carboxylic acids is 1. The summed E-state index contributed by atoms with van der Waals surface area (Å²) >= 11 is 3.39. The van der Waals surface area contributed by atoms with E-state index in [0.29, 0.717) is 11.1 Å². The number of ether oxygens (including phenoxy) is 1. The van der Waals surface area contributed by atoms with Crippen molar-refractivity contribution in [2.24, 2.45) is 0 Å². The lowest BCUT2D eigenvalue weighted by atomic mass is 10.2. The van der Waals surface area contributed by atoms with Crippen LogP contribution >= 0.6 is 15.9 Å². The molecule has 1 saturated carbocycles. The molecule has 2 aromatic rings. The van der Waals surface area contributed by atoms with Gasteiger partial charge in [-0.1, -0.05) is 28.8 Å². The number of sulfonamides is 1. The van der Waals surface area contributed by atoms with E-state index >= 15 is 0 Å². The van der Waals surface area contributed by atoms with E-state index in [0.717, 1.165) is 30.2 Å². The van der Waals surface area contributed by atoms with Crippen LogP contribution in [0, 0.1) is 13.8 Å². The van der Waals surface area contributed by atoms with Crippen molar-refractivity contribution in [2.45, 2.75) is 57.4 Å². The quantitative estimate of drug-likeness (QED) is 0.634. The Kier molecular flexibility index (Phi) is 6.14. The molecule has 28 heavy (non-hydrogen) atoms. The summed E-state index contributed by atoms with van der Waals surface area (Å²) in [5.41, 5.74) is 1.36. The summed E-state index contributed by atoms with van der Waals surface area (Å²) in [4.78, 5) is 12.6. The van der Waals surface area contributed by atoms with Crippen LogP contribution in [0.4, 0.5) is 5.82 Å². The Bertz CT molecular complexity index is 972. The van der Waals surface area contributed by atoms with Gasteiger partial charge in [-0.25, -0.2) is 17.9 Å². The fourth-order valence-electron chi connectivity index (χ4n) is 3.75. The van der Waals surface area contributed by atoms with Gasteiger partial charge in [0.2, 0.25) is 0 Å². The number of aromatic nitrogens is 2. The van der Waals surface area contributed by atoms with Crippen LogP contribution in [-0.2, 0) is 14.8 Å². The molecule has 1 aliphatic carbocycles. The number of benzene rings is 1. The number of halogens is 1. The third-order valence-electron chi connectivity index (χ3n) is 4.89. The first-order chi connectivity index (χ1) is 13.2. The Labute approximate surface area is 173 Å². The number of esters is 1. The molecule has 1 heterocycles. The number of aryl methyl sites for hydroxylation is 2. The van der Waals surface area contributed by atoms with E-state index < -0.39 is 16.0 Å². The number of nitrogens with one attached hydrogen (secondary N) is 1. The van der Waals surface area contributed by atoms with Crippen molar-refractivity contribution in [2.75, 3.05) is 11.3 Å². The molecule has 152 valence electrons. The fourth-order valence-corrected chi connectivity index (χ4v) is 5.96. The molecule has 0 bridgehead atoms. The van der Waals surface area contributed by atoms with Gasteiger partial charge in [0.1, 0.15) is 5.56 Å². The van der Waals surface area contributed by atoms with E-state index in [-0.39, 0.29) is 28.9 Å². The molecule has 1 N–H and O–H groups in total. The van der Waals surface area contributed by atoms with E-state index in [1.54, 1.807) is 37.6 Å². The third kappa shape index (κ3) is 4.10. The zero-order valence-corrected chi connectivity index (χ0v) is 18.6. The van der Waals surface area contributed by atoms with Crippen LogP contribution in [0.3, 0.4) is 0 Å². The highest BCUT2D eigenvalue weighted by molar-refractivity contribution is 9.10. The van der Waals surface area contributed by atoms with Gasteiger partial charge in [0, 0.05) is 4.47 Å². The van der Waals surface area contributed by atoms with Crippen LogP contribution in [0.25, 0.3) is 0 Å². The van der Waals surface area contributed by atoms with Crippen LogP contribution in [0.5, 0.6) is 0 Å². The molecule has 0 aliphatic heterocycles. The highest BCUT2D eigenvalue weighted by Crippen LogP contribution is 2.34. The minimum absolute atomic E-state index is 0.0630. The average Bonchev–Trinajstić information content (AvgIpc) is 3.22. The number of anilines is 1. The van der Waals surface area contributed by atoms with Gasteiger partial charge in [0.05, 0.1) is 23.7 Å². The van der Waals surface area contributed by atoms with Crippen molar-refractivity contribution >= 4 is 37.7 Å². The Morgan fingerprint density at radius 2 is 1.89 bits per heavy atom. The second kappa shape index (κ2) is 8.24. The molecule has 7 nitrogen and oxygen atoms in total. The highest BCUT2D eigenvalue weighted by Gasteiger charge is 2.30. The molecule has 3 rings (SSSR count). The predicted octanol–water partition coefficient (Wildman–Crippen LogP) is 4.36. The van der Waals surface area contributed by atoms with Crippen molar-refractivity contribution in [3.05, 3.63) is 39.5 Å². The second-order valence-corrected chi connectivity index (χ2v) is 9.52. The number of nitrogens with zero attached hydrogens (tertiary/aromatic N) is 2. The van der Waals surface area contributed by atoms with Crippen molar-refractivity contribution in [1.82, 2.24) is 9.78 Å². The number of carbonyl (C=O) groups is 1. The van der Waals surface area contributed by atoms with Crippen LogP contribution in [0.1, 0.15) is 60.1 Å². The minimum Gasteiger partial charge on any atom is -0.462 e. The minimum atomic E-state index is -3.92. The van der Waals surface area contributed by atoms with Crippen LogP contribution < -0.4 is 4.72 Å². The molecular formula is C19H24BrN3O4S. The first-order valence-electron chi connectivity index (χ1n) is 9.28. The van der Waals surface area contributed by atoms with Gasteiger partial charge in [-0.15, -0.1) is 0 Å². The molecule has 1 aliphatic rings. The van der Waals surface area contributed by atoms with Crippen LogP contribution in [0.2, 0.25) is 0 Å². The zero-order chi connectivity index (χ0) is 20.5. The summed E-state index contributed by atoms with van der Waals surface area (Å²) < 4.78 is 36.6. The van der Waals surface area contributed by atoms with Gasteiger partial charge in [0.25, 0.3) is 10.0 Å². The van der Waals surface area contributed by atoms with Gasteiger partial charge in [-0.3, -0.25) is 4.72 Å². The van der Waals surface area contributed by atoms with Crippen molar-refractivity contribution in [3.8, 4) is 0 Å². The van der Waals surface area contributed by atoms with Crippen molar-refractivity contribution < 1.29 is 17.9 Å². The molecule has 1 aromatic carbocycles. The van der Waals surface area contributed by atoms with Gasteiger partial charge >= 0.3 is 5.97 Å². The summed E-state index contributed by atoms with van der Waals surface area (Å²) in [6, 6.07) is 3.57. The maximum atomic E-state index is 13.2. The largest absolute Gasteiger partial charge is 0.462 e. The van der Waals surface area contributed by atoms with E-state index in [1.165, 1.54) is 6.20 Å². The van der Waals surface area contributed by atoms with Gasteiger partial charge < -0.3 is 4.74 Å². The maximum Gasteiger partial charge on any atom is 0.343 e. The van der Waals surface area contributed by atoms with Gasteiger partial charge in [-0.2, -0.15) is 5.10 Å². The molecule has 0 spiro atoms. The zero-order valence-electron chi connectivity index (χ0n) is 16.2. The molecule has 0 unspecified atom stereocenters. The molecule has 0 radical (unpaired) electrons. The third-order valence-corrected chi connectivity index (χ3v) is 6.99. The predicted molar refractivity (Wildman–Crippen MR) is 110 cm³/mol. The fraction of sp³-hybridized carbons (Fsp3) is 0.474. The normalized spacial score (nSPS) is 15.0. The van der Waals surface area contributed by atoms with Crippen molar-refractivity contribution in [1.29, 1.82) is 0 Å². The lowest BCUT2D eigenvalue weighted by Crippen LogP contribution is -2.21. The van der Waals surface area contributed by atoms with E-state index in [1.807, 2.05) is 0 Å². The SMILES string of the molecule is CCOC(=O)c1cnn(C2CCCC2)c1NS(=O)(=O)c1c(C)cc(Br)cc1C. The summed E-state index contributed by atoms with van der Waals surface area (Å²) in [6.07, 6.45) is 5.28. The first kappa shape index (κ1) is 20.9.